The summed E-state index contributed by atoms with van der Waals surface area (Å²) in [6, 6.07) is 17.8. The smallest absolute Gasteiger partial charge is 0.224 e. The number of aryl methyl sites for hydroxylation is 1. The van der Waals surface area contributed by atoms with Crippen LogP contribution < -0.4 is 10.1 Å². The van der Waals surface area contributed by atoms with Crippen LogP contribution in [0.1, 0.15) is 22.3 Å². The molecule has 27 heavy (non-hydrogen) atoms. The molecule has 2 aromatic carbocycles. The number of nitrogens with one attached hydrogen (secondary N) is 1. The summed E-state index contributed by atoms with van der Waals surface area (Å²) in [7, 11) is 0. The van der Waals surface area contributed by atoms with E-state index in [2.05, 4.69) is 16.4 Å². The van der Waals surface area contributed by atoms with Crippen LogP contribution in [-0.4, -0.2) is 10.9 Å². The number of aromatic nitrogens is 1. The zero-order valence-corrected chi connectivity index (χ0v) is 15.1. The molecule has 0 unspecified atom stereocenters. The normalized spacial score (nSPS) is 10.4. The first-order valence-electron chi connectivity index (χ1n) is 8.73. The fourth-order valence-corrected chi connectivity index (χ4v) is 2.69. The van der Waals surface area contributed by atoms with Crippen LogP contribution in [0, 0.1) is 12.7 Å². The maximum absolute atomic E-state index is 13.2. The molecule has 0 aliphatic rings. The average molecular weight is 364 g/mol. The van der Waals surface area contributed by atoms with Crippen LogP contribution in [0.15, 0.2) is 66.9 Å². The summed E-state index contributed by atoms with van der Waals surface area (Å²) in [5.41, 5.74) is 3.78. The van der Waals surface area contributed by atoms with Gasteiger partial charge in [-0.2, -0.15) is 0 Å². The molecule has 0 atom stereocenters. The van der Waals surface area contributed by atoms with Crippen molar-refractivity contribution in [1.82, 2.24) is 10.3 Å². The molecular weight excluding hydrogens is 343 g/mol. The zero-order valence-electron chi connectivity index (χ0n) is 15.1. The maximum atomic E-state index is 13.2. The van der Waals surface area contributed by atoms with Crippen molar-refractivity contribution in [2.75, 3.05) is 0 Å². The van der Waals surface area contributed by atoms with Gasteiger partial charge in [0.15, 0.2) is 0 Å². The van der Waals surface area contributed by atoms with E-state index in [0.717, 1.165) is 11.1 Å². The van der Waals surface area contributed by atoms with E-state index in [9.17, 15) is 9.18 Å². The van der Waals surface area contributed by atoms with Gasteiger partial charge in [0.1, 0.15) is 12.4 Å². The van der Waals surface area contributed by atoms with Gasteiger partial charge in [-0.25, -0.2) is 9.37 Å². The van der Waals surface area contributed by atoms with Crippen molar-refractivity contribution in [3.05, 3.63) is 94.9 Å². The van der Waals surface area contributed by atoms with Crippen molar-refractivity contribution >= 4 is 5.91 Å². The molecule has 0 bridgehead atoms. The minimum absolute atomic E-state index is 0.138. The number of rotatable bonds is 7. The molecule has 0 spiro atoms. The van der Waals surface area contributed by atoms with E-state index in [1.54, 1.807) is 24.4 Å². The first kappa shape index (κ1) is 18.6. The minimum atomic E-state index is -0.343. The first-order chi connectivity index (χ1) is 13.1. The molecule has 0 aliphatic carbocycles. The molecule has 1 N–H and O–H groups in total. The topological polar surface area (TPSA) is 51.2 Å². The Labute approximate surface area is 158 Å². The van der Waals surface area contributed by atoms with E-state index in [4.69, 9.17) is 4.74 Å². The monoisotopic (exact) mass is 364 g/mol. The van der Waals surface area contributed by atoms with Gasteiger partial charge in [-0.15, -0.1) is 0 Å². The molecule has 4 nitrogen and oxygen atoms in total. The van der Waals surface area contributed by atoms with Crippen LogP contribution in [0.2, 0.25) is 0 Å². The molecule has 3 aromatic rings. The third kappa shape index (κ3) is 5.92. The summed E-state index contributed by atoms with van der Waals surface area (Å²) in [6.07, 6.45) is 1.79. The number of carbonyl (C=O) groups is 1. The van der Waals surface area contributed by atoms with Gasteiger partial charge < -0.3 is 10.1 Å². The van der Waals surface area contributed by atoms with Crippen molar-refractivity contribution in [2.24, 2.45) is 0 Å². The summed E-state index contributed by atoms with van der Waals surface area (Å²) in [5, 5.41) is 2.83. The summed E-state index contributed by atoms with van der Waals surface area (Å²) in [6.45, 7) is 2.83. The third-order valence-electron chi connectivity index (χ3n) is 4.01. The minimum Gasteiger partial charge on any atom is -0.473 e. The maximum Gasteiger partial charge on any atom is 0.224 e. The number of ether oxygens (including phenoxy) is 1. The lowest BCUT2D eigenvalue weighted by molar-refractivity contribution is -0.120. The van der Waals surface area contributed by atoms with Gasteiger partial charge in [0.2, 0.25) is 11.8 Å². The second-order valence-corrected chi connectivity index (χ2v) is 6.36. The lowest BCUT2D eigenvalue weighted by Gasteiger charge is -2.09. The molecule has 0 fully saturated rings. The van der Waals surface area contributed by atoms with Crippen LogP contribution in [0.25, 0.3) is 0 Å². The second kappa shape index (κ2) is 8.94. The molecule has 0 radical (unpaired) electrons. The predicted molar refractivity (Wildman–Crippen MR) is 102 cm³/mol. The Bertz CT molecular complexity index is 927. The number of nitrogens with zero attached hydrogens (tertiary/aromatic N) is 1. The van der Waals surface area contributed by atoms with Crippen molar-refractivity contribution in [1.29, 1.82) is 0 Å². The van der Waals surface area contributed by atoms with E-state index >= 15 is 0 Å². The Kier molecular flexibility index (Phi) is 6.15. The highest BCUT2D eigenvalue weighted by molar-refractivity contribution is 5.78. The largest absolute Gasteiger partial charge is 0.473 e. The van der Waals surface area contributed by atoms with E-state index in [1.165, 1.54) is 17.7 Å². The molecule has 0 saturated carbocycles. The Hall–Kier alpha value is -3.21. The van der Waals surface area contributed by atoms with Crippen LogP contribution in [-0.2, 0) is 24.4 Å². The first-order valence-corrected chi connectivity index (χ1v) is 8.73. The number of pyridine rings is 1. The quantitative estimate of drug-likeness (QED) is 0.690. The molecular formula is C22H21FN2O2. The lowest BCUT2D eigenvalue weighted by Crippen LogP contribution is -2.24. The average Bonchev–Trinajstić information content (AvgIpc) is 2.65. The lowest BCUT2D eigenvalue weighted by atomic mass is 10.1. The van der Waals surface area contributed by atoms with E-state index in [1.807, 2.05) is 31.2 Å². The van der Waals surface area contributed by atoms with Gasteiger partial charge in [-0.3, -0.25) is 4.79 Å². The summed E-state index contributed by atoms with van der Waals surface area (Å²) in [4.78, 5) is 16.2. The molecule has 1 heterocycles. The molecule has 1 amide bonds. The highest BCUT2D eigenvalue weighted by atomic mass is 19.1. The van der Waals surface area contributed by atoms with Gasteiger partial charge in [0, 0.05) is 18.8 Å². The Morgan fingerprint density at radius 1 is 1.04 bits per heavy atom. The van der Waals surface area contributed by atoms with E-state index in [0.29, 0.717) is 24.6 Å². The number of carbonyl (C=O) groups excluding carboxylic acids is 1. The number of amides is 1. The molecule has 138 valence electrons. The van der Waals surface area contributed by atoms with Gasteiger partial charge in [-0.05, 0) is 41.8 Å². The second-order valence-electron chi connectivity index (χ2n) is 6.36. The number of halogens is 1. The van der Waals surface area contributed by atoms with E-state index < -0.39 is 0 Å². The van der Waals surface area contributed by atoms with Crippen molar-refractivity contribution < 1.29 is 13.9 Å². The standard InChI is InChI=1S/C22H21FN2O2/c1-16-4-2-6-19(10-16)15-27-22-13-18(8-9-24-22)14-25-21(26)12-17-5-3-7-20(23)11-17/h2-11,13H,12,14-15H2,1H3,(H,25,26). The predicted octanol–water partition coefficient (Wildman–Crippen LogP) is 3.97. The SMILES string of the molecule is Cc1cccc(COc2cc(CNC(=O)Cc3cccc(F)c3)ccn2)c1. The summed E-state index contributed by atoms with van der Waals surface area (Å²) >= 11 is 0. The molecule has 3 rings (SSSR count). The van der Waals surface area contributed by atoms with Gasteiger partial charge in [0.25, 0.3) is 0 Å². The van der Waals surface area contributed by atoms with Gasteiger partial charge >= 0.3 is 0 Å². The van der Waals surface area contributed by atoms with Gasteiger partial charge in [-0.1, -0.05) is 42.0 Å². The Morgan fingerprint density at radius 2 is 1.85 bits per heavy atom. The molecule has 5 heteroatoms. The van der Waals surface area contributed by atoms with Crippen LogP contribution in [0.3, 0.4) is 0 Å². The molecule has 1 aromatic heterocycles. The number of hydrogen-bond donors (Lipinski definition) is 1. The fourth-order valence-electron chi connectivity index (χ4n) is 2.69. The fraction of sp³-hybridized carbons (Fsp3) is 0.182. The van der Waals surface area contributed by atoms with Crippen LogP contribution in [0.4, 0.5) is 4.39 Å². The Balaban J connectivity index is 1.52. The number of benzene rings is 2. The number of hydrogen-bond acceptors (Lipinski definition) is 3. The highest BCUT2D eigenvalue weighted by Crippen LogP contribution is 2.13. The summed E-state index contributed by atoms with van der Waals surface area (Å²) in [5.74, 6) is -0.00198. The van der Waals surface area contributed by atoms with Crippen LogP contribution in [0.5, 0.6) is 5.88 Å². The highest BCUT2D eigenvalue weighted by Gasteiger charge is 2.06. The van der Waals surface area contributed by atoms with Crippen LogP contribution >= 0.6 is 0 Å². The van der Waals surface area contributed by atoms with Crippen molar-refractivity contribution in [3.63, 3.8) is 0 Å². The molecule has 0 saturated heterocycles. The van der Waals surface area contributed by atoms with Gasteiger partial charge in [0.05, 0.1) is 6.42 Å². The zero-order chi connectivity index (χ0) is 19.1. The Morgan fingerprint density at radius 3 is 2.67 bits per heavy atom. The summed E-state index contributed by atoms with van der Waals surface area (Å²) < 4.78 is 18.9. The van der Waals surface area contributed by atoms with E-state index in [-0.39, 0.29) is 18.1 Å². The molecule has 0 aliphatic heterocycles. The van der Waals surface area contributed by atoms with Crippen molar-refractivity contribution in [3.8, 4) is 5.88 Å². The van der Waals surface area contributed by atoms with Crippen molar-refractivity contribution in [2.45, 2.75) is 26.5 Å². The third-order valence-corrected chi connectivity index (χ3v) is 4.01.